The first kappa shape index (κ1) is 13.9. The predicted molar refractivity (Wildman–Crippen MR) is 79.6 cm³/mol. The molecule has 4 nitrogen and oxygen atoms in total. The van der Waals surface area contributed by atoms with Crippen molar-refractivity contribution in [3.8, 4) is 11.5 Å². The van der Waals surface area contributed by atoms with E-state index in [4.69, 9.17) is 0 Å². The zero-order valence-corrected chi connectivity index (χ0v) is 12.7. The molecule has 1 amide bonds. The summed E-state index contributed by atoms with van der Waals surface area (Å²) in [7, 11) is 0. The molecule has 6 heteroatoms. The van der Waals surface area contributed by atoms with Crippen molar-refractivity contribution >= 4 is 43.5 Å². The van der Waals surface area contributed by atoms with E-state index in [0.717, 1.165) is 4.47 Å². The van der Waals surface area contributed by atoms with Crippen molar-refractivity contribution in [2.75, 3.05) is 5.32 Å². The van der Waals surface area contributed by atoms with E-state index in [-0.39, 0.29) is 22.7 Å². The number of phenols is 2. The van der Waals surface area contributed by atoms with Crippen LogP contribution in [0.15, 0.2) is 45.3 Å². The van der Waals surface area contributed by atoms with E-state index < -0.39 is 5.91 Å². The van der Waals surface area contributed by atoms with Crippen molar-refractivity contribution in [1.29, 1.82) is 0 Å². The molecule has 0 bridgehead atoms. The van der Waals surface area contributed by atoms with Gasteiger partial charge in [0.05, 0.1) is 11.3 Å². The molecule has 0 fully saturated rings. The lowest BCUT2D eigenvalue weighted by molar-refractivity contribution is 0.102. The minimum absolute atomic E-state index is 0.0500. The Morgan fingerprint density at radius 3 is 2.21 bits per heavy atom. The molecule has 0 aliphatic heterocycles. The third kappa shape index (κ3) is 3.27. The largest absolute Gasteiger partial charge is 0.507 e. The Balaban J connectivity index is 2.30. The lowest BCUT2D eigenvalue weighted by Crippen LogP contribution is -2.12. The number of hydrogen-bond donors (Lipinski definition) is 3. The minimum Gasteiger partial charge on any atom is -0.507 e. The number of amides is 1. The van der Waals surface area contributed by atoms with E-state index in [9.17, 15) is 15.0 Å². The van der Waals surface area contributed by atoms with Crippen LogP contribution in [0.4, 0.5) is 5.69 Å². The van der Waals surface area contributed by atoms with E-state index in [2.05, 4.69) is 37.2 Å². The molecule has 0 aliphatic carbocycles. The predicted octanol–water partition coefficient (Wildman–Crippen LogP) is 3.88. The molecule has 0 unspecified atom stereocenters. The van der Waals surface area contributed by atoms with Crippen LogP contribution < -0.4 is 5.32 Å². The Morgan fingerprint density at radius 1 is 0.947 bits per heavy atom. The fourth-order valence-corrected chi connectivity index (χ4v) is 2.21. The van der Waals surface area contributed by atoms with Gasteiger partial charge in [-0.15, -0.1) is 0 Å². The van der Waals surface area contributed by atoms with E-state index in [1.54, 1.807) is 18.2 Å². The smallest absolute Gasteiger partial charge is 0.259 e. The molecular weight excluding hydrogens is 378 g/mol. The zero-order chi connectivity index (χ0) is 14.0. The van der Waals surface area contributed by atoms with Crippen LogP contribution in [0.2, 0.25) is 0 Å². The van der Waals surface area contributed by atoms with Crippen LogP contribution in [0.3, 0.4) is 0 Å². The molecule has 2 aromatic carbocycles. The molecule has 0 saturated heterocycles. The van der Waals surface area contributed by atoms with Gasteiger partial charge >= 0.3 is 0 Å². The van der Waals surface area contributed by atoms with Gasteiger partial charge in [-0.2, -0.15) is 0 Å². The zero-order valence-electron chi connectivity index (χ0n) is 9.52. The topological polar surface area (TPSA) is 69.6 Å². The maximum Gasteiger partial charge on any atom is 0.259 e. The summed E-state index contributed by atoms with van der Waals surface area (Å²) in [6, 6.07) is 9.23. The molecular formula is C13H9Br2NO3. The first-order chi connectivity index (χ1) is 8.97. The average molecular weight is 387 g/mol. The van der Waals surface area contributed by atoms with Crippen LogP contribution in [0.25, 0.3) is 0 Å². The average Bonchev–Trinajstić information content (AvgIpc) is 2.36. The highest BCUT2D eigenvalue weighted by molar-refractivity contribution is 9.10. The highest BCUT2D eigenvalue weighted by atomic mass is 79.9. The minimum atomic E-state index is -0.507. The maximum absolute atomic E-state index is 12.0. The van der Waals surface area contributed by atoms with Gasteiger partial charge in [-0.05, 0) is 36.4 Å². The number of carbonyl (C=O) groups is 1. The Hall–Kier alpha value is -1.53. The first-order valence-corrected chi connectivity index (χ1v) is 6.84. The van der Waals surface area contributed by atoms with Gasteiger partial charge in [0, 0.05) is 8.95 Å². The number of carbonyl (C=O) groups excluding carboxylic acids is 1. The fraction of sp³-hybridized carbons (Fsp3) is 0. The number of rotatable bonds is 2. The molecule has 0 radical (unpaired) electrons. The molecule has 98 valence electrons. The van der Waals surface area contributed by atoms with Crippen molar-refractivity contribution < 1.29 is 15.0 Å². The van der Waals surface area contributed by atoms with Gasteiger partial charge in [-0.25, -0.2) is 0 Å². The number of hydrogen-bond acceptors (Lipinski definition) is 3. The highest BCUT2D eigenvalue weighted by Gasteiger charge is 2.13. The number of phenolic OH excluding ortho intramolecular Hbond substituents is 2. The molecule has 0 heterocycles. The lowest BCUT2D eigenvalue weighted by Gasteiger charge is -2.09. The summed E-state index contributed by atoms with van der Waals surface area (Å²) in [4.78, 5) is 12.0. The van der Waals surface area contributed by atoms with Gasteiger partial charge < -0.3 is 15.5 Å². The summed E-state index contributed by atoms with van der Waals surface area (Å²) in [5, 5.41) is 21.8. The number of nitrogens with one attached hydrogen (secondary N) is 1. The third-order valence-electron chi connectivity index (χ3n) is 2.41. The Kier molecular flexibility index (Phi) is 4.11. The second-order valence-electron chi connectivity index (χ2n) is 3.78. The summed E-state index contributed by atoms with van der Waals surface area (Å²) >= 11 is 6.48. The van der Waals surface area contributed by atoms with Crippen LogP contribution in [0.5, 0.6) is 11.5 Å². The summed E-state index contributed by atoms with van der Waals surface area (Å²) in [5.74, 6) is -0.687. The molecule has 19 heavy (non-hydrogen) atoms. The molecule has 2 aromatic rings. The van der Waals surface area contributed by atoms with Gasteiger partial charge in [0.2, 0.25) is 0 Å². The Bertz CT molecular complexity index is 644. The van der Waals surface area contributed by atoms with Crippen molar-refractivity contribution in [1.82, 2.24) is 0 Å². The summed E-state index contributed by atoms with van der Waals surface area (Å²) in [6.45, 7) is 0. The van der Waals surface area contributed by atoms with Gasteiger partial charge in [0.15, 0.2) is 0 Å². The summed E-state index contributed by atoms with van der Waals surface area (Å²) < 4.78 is 1.40. The second-order valence-corrected chi connectivity index (χ2v) is 5.61. The Morgan fingerprint density at radius 2 is 1.53 bits per heavy atom. The summed E-state index contributed by atoms with van der Waals surface area (Å²) in [5.41, 5.74) is 0.382. The van der Waals surface area contributed by atoms with Gasteiger partial charge in [0.25, 0.3) is 5.91 Å². The van der Waals surface area contributed by atoms with Crippen molar-refractivity contribution in [2.45, 2.75) is 0 Å². The van der Waals surface area contributed by atoms with E-state index >= 15 is 0 Å². The monoisotopic (exact) mass is 385 g/mol. The first-order valence-electron chi connectivity index (χ1n) is 5.26. The Labute approximate surface area is 126 Å². The van der Waals surface area contributed by atoms with Gasteiger partial charge in [0.1, 0.15) is 11.5 Å². The molecule has 0 atom stereocenters. The number of halogens is 2. The normalized spacial score (nSPS) is 10.2. The van der Waals surface area contributed by atoms with Gasteiger partial charge in [-0.1, -0.05) is 31.9 Å². The standard InChI is InChI=1S/C13H9Br2NO3/c14-7-1-3-11(17)9(5-7)13(19)16-10-6-8(15)2-4-12(10)18/h1-6,17-18H,(H,16,19). The maximum atomic E-state index is 12.0. The fourth-order valence-electron chi connectivity index (χ4n) is 1.49. The van der Waals surface area contributed by atoms with Crippen LogP contribution in [0, 0.1) is 0 Å². The van der Waals surface area contributed by atoms with E-state index in [0.29, 0.717) is 4.47 Å². The molecule has 3 N–H and O–H groups in total. The number of anilines is 1. The third-order valence-corrected chi connectivity index (χ3v) is 3.40. The van der Waals surface area contributed by atoms with Crippen LogP contribution in [-0.2, 0) is 0 Å². The summed E-state index contributed by atoms with van der Waals surface area (Å²) in [6.07, 6.45) is 0. The number of benzene rings is 2. The quantitative estimate of drug-likeness (QED) is 0.686. The van der Waals surface area contributed by atoms with Gasteiger partial charge in [-0.3, -0.25) is 4.79 Å². The lowest BCUT2D eigenvalue weighted by atomic mass is 10.2. The molecule has 0 spiro atoms. The van der Waals surface area contributed by atoms with Crippen LogP contribution in [-0.4, -0.2) is 16.1 Å². The van der Waals surface area contributed by atoms with Crippen LogP contribution >= 0.6 is 31.9 Å². The molecule has 0 saturated carbocycles. The molecule has 0 aliphatic rings. The molecule has 0 aromatic heterocycles. The van der Waals surface area contributed by atoms with Crippen LogP contribution in [0.1, 0.15) is 10.4 Å². The second kappa shape index (κ2) is 5.63. The molecule has 2 rings (SSSR count). The van der Waals surface area contributed by atoms with E-state index in [1.807, 2.05) is 0 Å². The van der Waals surface area contributed by atoms with Crippen molar-refractivity contribution in [3.05, 3.63) is 50.9 Å². The van der Waals surface area contributed by atoms with E-state index in [1.165, 1.54) is 18.2 Å². The number of aromatic hydroxyl groups is 2. The SMILES string of the molecule is O=C(Nc1cc(Br)ccc1O)c1cc(Br)ccc1O. The van der Waals surface area contributed by atoms with Crippen molar-refractivity contribution in [2.24, 2.45) is 0 Å². The van der Waals surface area contributed by atoms with Crippen molar-refractivity contribution in [3.63, 3.8) is 0 Å². The highest BCUT2D eigenvalue weighted by Crippen LogP contribution is 2.29.